The van der Waals surface area contributed by atoms with Gasteiger partial charge >= 0.3 is 5.92 Å². The van der Waals surface area contributed by atoms with Crippen LogP contribution in [0.3, 0.4) is 0 Å². The fraction of sp³-hybridized carbons (Fsp3) is 0.214. The van der Waals surface area contributed by atoms with Gasteiger partial charge in [0.05, 0.1) is 6.61 Å². The Morgan fingerprint density at radius 2 is 1.95 bits per heavy atom. The third-order valence-corrected chi connectivity index (χ3v) is 3.33. The summed E-state index contributed by atoms with van der Waals surface area (Å²) in [4.78, 5) is 3.63. The van der Waals surface area contributed by atoms with Gasteiger partial charge in [0.25, 0.3) is 0 Å². The Hall–Kier alpha value is -1.95. The molecule has 3 rings (SSSR count). The molecule has 0 saturated carbocycles. The Kier molecular flexibility index (Phi) is 2.79. The van der Waals surface area contributed by atoms with Gasteiger partial charge in [-0.25, -0.2) is 8.78 Å². The van der Waals surface area contributed by atoms with Crippen molar-refractivity contribution in [1.82, 2.24) is 4.98 Å². The van der Waals surface area contributed by atoms with Crippen LogP contribution in [0.25, 0.3) is 0 Å². The number of halogens is 4. The Morgan fingerprint density at radius 3 is 2.50 bits per heavy atom. The van der Waals surface area contributed by atoms with Gasteiger partial charge in [-0.15, -0.1) is 0 Å². The number of pyridine rings is 1. The second-order valence-electron chi connectivity index (χ2n) is 4.56. The Bertz CT molecular complexity index is 641. The molecule has 0 radical (unpaired) electrons. The Labute approximate surface area is 112 Å². The molecule has 2 heterocycles. The normalized spacial score (nSPS) is 21.8. The maximum Gasteiger partial charge on any atom is 0.309 e. The molecular formula is C14H9F4NO. The summed E-state index contributed by atoms with van der Waals surface area (Å²) >= 11 is 0. The standard InChI is InChI=1S/C14H9F4NO/c15-10-3-4-11(12(16)6-10)13(8-20-13)14(17,18)9-2-1-5-19-7-9/h1-7H,8H2. The van der Waals surface area contributed by atoms with Crippen LogP contribution in [0.15, 0.2) is 42.7 Å². The number of epoxide rings is 1. The van der Waals surface area contributed by atoms with Gasteiger partial charge in [-0.2, -0.15) is 8.78 Å². The van der Waals surface area contributed by atoms with Gasteiger partial charge < -0.3 is 4.74 Å². The van der Waals surface area contributed by atoms with Crippen LogP contribution in [0.5, 0.6) is 0 Å². The molecule has 0 bridgehead atoms. The van der Waals surface area contributed by atoms with Gasteiger partial charge in [0.15, 0.2) is 5.60 Å². The fourth-order valence-corrected chi connectivity index (χ4v) is 2.18. The zero-order chi connectivity index (χ0) is 14.4. The smallest absolute Gasteiger partial charge is 0.309 e. The van der Waals surface area contributed by atoms with E-state index in [4.69, 9.17) is 4.74 Å². The lowest BCUT2D eigenvalue weighted by molar-refractivity contribution is -0.0869. The molecule has 104 valence electrons. The fourth-order valence-electron chi connectivity index (χ4n) is 2.18. The molecule has 1 aliphatic rings. The number of rotatable bonds is 3. The van der Waals surface area contributed by atoms with Gasteiger partial charge in [-0.1, -0.05) is 0 Å². The lowest BCUT2D eigenvalue weighted by atomic mass is 9.88. The van der Waals surface area contributed by atoms with E-state index >= 15 is 0 Å². The predicted octanol–water partition coefficient (Wildman–Crippen LogP) is 3.38. The van der Waals surface area contributed by atoms with Crippen LogP contribution in [0, 0.1) is 11.6 Å². The van der Waals surface area contributed by atoms with Crippen molar-refractivity contribution in [2.75, 3.05) is 6.61 Å². The minimum atomic E-state index is -3.46. The van der Waals surface area contributed by atoms with Crippen molar-refractivity contribution >= 4 is 0 Å². The highest BCUT2D eigenvalue weighted by atomic mass is 19.3. The molecule has 1 fully saturated rings. The molecule has 20 heavy (non-hydrogen) atoms. The molecule has 0 aliphatic carbocycles. The number of benzene rings is 1. The van der Waals surface area contributed by atoms with Gasteiger partial charge in [-0.05, 0) is 24.3 Å². The van der Waals surface area contributed by atoms with E-state index in [0.29, 0.717) is 6.07 Å². The third-order valence-electron chi connectivity index (χ3n) is 3.33. The quantitative estimate of drug-likeness (QED) is 0.637. The molecule has 1 atom stereocenters. The lowest BCUT2D eigenvalue weighted by Gasteiger charge is -2.24. The van der Waals surface area contributed by atoms with E-state index in [0.717, 1.165) is 18.3 Å². The monoisotopic (exact) mass is 283 g/mol. The van der Waals surface area contributed by atoms with Crippen LogP contribution < -0.4 is 0 Å². The van der Waals surface area contributed by atoms with E-state index < -0.39 is 23.2 Å². The highest BCUT2D eigenvalue weighted by molar-refractivity contribution is 5.36. The van der Waals surface area contributed by atoms with Crippen molar-refractivity contribution in [1.29, 1.82) is 0 Å². The highest BCUT2D eigenvalue weighted by Crippen LogP contribution is 2.56. The van der Waals surface area contributed by atoms with Gasteiger partial charge in [-0.3, -0.25) is 4.98 Å². The van der Waals surface area contributed by atoms with E-state index in [2.05, 4.69) is 4.98 Å². The largest absolute Gasteiger partial charge is 0.357 e. The van der Waals surface area contributed by atoms with Gasteiger partial charge in [0.1, 0.15) is 11.6 Å². The van der Waals surface area contributed by atoms with Crippen molar-refractivity contribution in [3.8, 4) is 0 Å². The van der Waals surface area contributed by atoms with Crippen LogP contribution in [-0.4, -0.2) is 11.6 Å². The molecule has 1 aromatic heterocycles. The molecule has 2 aromatic rings. The van der Waals surface area contributed by atoms with E-state index in [1.807, 2.05) is 0 Å². The second kappa shape index (κ2) is 4.28. The molecule has 0 spiro atoms. The number of ether oxygens (including phenoxy) is 1. The average Bonchev–Trinajstić information content (AvgIpc) is 3.21. The highest BCUT2D eigenvalue weighted by Gasteiger charge is 2.67. The minimum Gasteiger partial charge on any atom is -0.357 e. The van der Waals surface area contributed by atoms with E-state index in [9.17, 15) is 17.6 Å². The lowest BCUT2D eigenvalue weighted by Crippen LogP contribution is -2.33. The Morgan fingerprint density at radius 1 is 1.20 bits per heavy atom. The zero-order valence-corrected chi connectivity index (χ0v) is 10.1. The van der Waals surface area contributed by atoms with Crippen molar-refractivity contribution < 1.29 is 22.3 Å². The first kappa shape index (κ1) is 13.1. The van der Waals surface area contributed by atoms with Crippen molar-refractivity contribution in [2.24, 2.45) is 0 Å². The number of hydrogen-bond donors (Lipinski definition) is 0. The second-order valence-corrected chi connectivity index (χ2v) is 4.56. The SMILES string of the molecule is Fc1ccc(C2(C(F)(F)c3cccnc3)CO2)c(F)c1. The molecule has 1 saturated heterocycles. The number of nitrogens with zero attached hydrogens (tertiary/aromatic N) is 1. The van der Waals surface area contributed by atoms with Crippen molar-refractivity contribution in [3.05, 3.63) is 65.5 Å². The summed E-state index contributed by atoms with van der Waals surface area (Å²) in [5.41, 5.74) is -2.82. The molecule has 1 unspecified atom stereocenters. The number of aromatic nitrogens is 1. The van der Waals surface area contributed by atoms with Crippen LogP contribution in [0.1, 0.15) is 11.1 Å². The summed E-state index contributed by atoms with van der Waals surface area (Å²) in [5, 5.41) is 0. The summed E-state index contributed by atoms with van der Waals surface area (Å²) in [7, 11) is 0. The van der Waals surface area contributed by atoms with Crippen molar-refractivity contribution in [2.45, 2.75) is 11.5 Å². The topological polar surface area (TPSA) is 25.4 Å². The first-order valence-electron chi connectivity index (χ1n) is 5.85. The van der Waals surface area contributed by atoms with Crippen LogP contribution in [-0.2, 0) is 16.3 Å². The maximum absolute atomic E-state index is 14.5. The van der Waals surface area contributed by atoms with E-state index in [1.165, 1.54) is 18.3 Å². The summed E-state index contributed by atoms with van der Waals surface area (Å²) in [6.07, 6.45) is 2.36. The minimum absolute atomic E-state index is 0.336. The molecular weight excluding hydrogens is 274 g/mol. The first-order valence-corrected chi connectivity index (χ1v) is 5.85. The molecule has 2 nitrogen and oxygen atoms in total. The van der Waals surface area contributed by atoms with Gasteiger partial charge in [0, 0.05) is 29.6 Å². The average molecular weight is 283 g/mol. The third kappa shape index (κ3) is 1.79. The Balaban J connectivity index is 2.08. The van der Waals surface area contributed by atoms with Crippen molar-refractivity contribution in [3.63, 3.8) is 0 Å². The van der Waals surface area contributed by atoms with E-state index in [-0.39, 0.29) is 17.7 Å². The van der Waals surface area contributed by atoms with E-state index in [1.54, 1.807) is 0 Å². The summed E-state index contributed by atoms with van der Waals surface area (Å²) in [6, 6.07) is 5.04. The van der Waals surface area contributed by atoms with Crippen LogP contribution in [0.2, 0.25) is 0 Å². The summed E-state index contributed by atoms with van der Waals surface area (Å²) in [6.45, 7) is -0.336. The van der Waals surface area contributed by atoms with Gasteiger partial charge in [0.2, 0.25) is 0 Å². The first-order chi connectivity index (χ1) is 9.47. The molecule has 0 N–H and O–H groups in total. The maximum atomic E-state index is 14.5. The molecule has 1 aliphatic heterocycles. The predicted molar refractivity (Wildman–Crippen MR) is 62.1 cm³/mol. The molecule has 0 amide bonds. The number of hydrogen-bond acceptors (Lipinski definition) is 2. The molecule has 6 heteroatoms. The van der Waals surface area contributed by atoms with Crippen LogP contribution in [0.4, 0.5) is 17.6 Å². The van der Waals surface area contributed by atoms with Crippen LogP contribution >= 0.6 is 0 Å². The summed E-state index contributed by atoms with van der Waals surface area (Å²) in [5.74, 6) is -5.34. The number of alkyl halides is 2. The molecule has 1 aromatic carbocycles. The zero-order valence-electron chi connectivity index (χ0n) is 10.1. The summed E-state index contributed by atoms with van der Waals surface area (Å²) < 4.78 is 60.6.